The normalized spacial score (nSPS) is 13.5. The number of hydrogen-bond acceptors (Lipinski definition) is 4. The molecule has 0 radical (unpaired) electrons. The molecule has 0 aliphatic carbocycles. The third-order valence-corrected chi connectivity index (χ3v) is 3.72. The van der Waals surface area contributed by atoms with Crippen LogP contribution in [0.25, 0.3) is 0 Å². The number of methoxy groups -OCH3 is 1. The average Bonchev–Trinajstić information content (AvgIpc) is 2.58. The Labute approximate surface area is 132 Å². The van der Waals surface area contributed by atoms with Crippen LogP contribution >= 0.6 is 0 Å². The lowest BCUT2D eigenvalue weighted by Gasteiger charge is -2.31. The summed E-state index contributed by atoms with van der Waals surface area (Å²) in [6.07, 6.45) is 0. The molecule has 0 unspecified atom stereocenters. The molecule has 0 aromatic heterocycles. The topological polar surface area (TPSA) is 59.0 Å². The van der Waals surface area contributed by atoms with E-state index in [1.54, 1.807) is 30.3 Å². The summed E-state index contributed by atoms with van der Waals surface area (Å²) in [4.78, 5) is 13.7. The van der Waals surface area contributed by atoms with E-state index in [2.05, 4.69) is 0 Å². The van der Waals surface area contributed by atoms with Crippen LogP contribution in [0, 0.1) is 5.82 Å². The number of ether oxygens (including phenoxy) is 2. The van der Waals surface area contributed by atoms with Gasteiger partial charge in [0.1, 0.15) is 5.82 Å². The molecular weight excluding hydrogens is 301 g/mol. The average molecular weight is 317 g/mol. The van der Waals surface area contributed by atoms with E-state index in [1.165, 1.54) is 18.1 Å². The van der Waals surface area contributed by atoms with Crippen molar-refractivity contribution in [3.63, 3.8) is 0 Å². The van der Waals surface area contributed by atoms with E-state index in [9.17, 15) is 14.3 Å². The van der Waals surface area contributed by atoms with Gasteiger partial charge in [-0.2, -0.15) is 0 Å². The summed E-state index contributed by atoms with van der Waals surface area (Å²) in [6.45, 7) is -0.262. The van der Waals surface area contributed by atoms with Gasteiger partial charge in [0.25, 0.3) is 5.91 Å². The number of rotatable bonds is 4. The van der Waals surface area contributed by atoms with Crippen LogP contribution in [0.1, 0.15) is 11.1 Å². The first kappa shape index (κ1) is 15.3. The van der Waals surface area contributed by atoms with E-state index < -0.39 is 0 Å². The molecule has 6 heteroatoms. The summed E-state index contributed by atoms with van der Waals surface area (Å²) in [5.41, 5.74) is 1.45. The number of aliphatic hydroxyl groups excluding tert-OH is 1. The highest BCUT2D eigenvalue weighted by molar-refractivity contribution is 5.98. The molecule has 1 heterocycles. The van der Waals surface area contributed by atoms with Crippen molar-refractivity contribution < 1.29 is 23.8 Å². The number of fused-ring (bicyclic) bond motifs is 1. The first-order valence-electron chi connectivity index (χ1n) is 7.12. The lowest BCUT2D eigenvalue weighted by molar-refractivity contribution is -0.121. The molecule has 1 N–H and O–H groups in total. The predicted molar refractivity (Wildman–Crippen MR) is 82.0 cm³/mol. The molecule has 0 fully saturated rings. The molecule has 120 valence electrons. The highest BCUT2D eigenvalue weighted by Crippen LogP contribution is 2.42. The Bertz CT molecular complexity index is 747. The molecule has 23 heavy (non-hydrogen) atoms. The fourth-order valence-electron chi connectivity index (χ4n) is 2.55. The molecular formula is C17H16FNO4. The van der Waals surface area contributed by atoms with E-state index in [0.29, 0.717) is 28.3 Å². The maximum atomic E-state index is 13.9. The van der Waals surface area contributed by atoms with Gasteiger partial charge in [-0.25, -0.2) is 4.39 Å². The summed E-state index contributed by atoms with van der Waals surface area (Å²) >= 11 is 0. The van der Waals surface area contributed by atoms with Crippen molar-refractivity contribution in [1.82, 2.24) is 0 Å². The minimum atomic E-state index is -0.376. The highest BCUT2D eigenvalue weighted by atomic mass is 19.1. The second-order valence-corrected chi connectivity index (χ2v) is 5.16. The van der Waals surface area contributed by atoms with Gasteiger partial charge in [-0.15, -0.1) is 0 Å². The Balaban J connectivity index is 2.05. The number of benzene rings is 2. The fourth-order valence-corrected chi connectivity index (χ4v) is 2.55. The van der Waals surface area contributed by atoms with Crippen molar-refractivity contribution in [2.24, 2.45) is 0 Å². The zero-order valence-corrected chi connectivity index (χ0v) is 12.6. The number of anilines is 1. The molecule has 5 nitrogen and oxygen atoms in total. The molecule has 1 aliphatic heterocycles. The molecule has 3 rings (SSSR count). The summed E-state index contributed by atoms with van der Waals surface area (Å²) < 4.78 is 24.6. The first-order chi connectivity index (χ1) is 11.1. The van der Waals surface area contributed by atoms with Gasteiger partial charge >= 0.3 is 0 Å². The van der Waals surface area contributed by atoms with Gasteiger partial charge in [0.2, 0.25) is 0 Å². The van der Waals surface area contributed by atoms with E-state index in [4.69, 9.17) is 9.47 Å². The number of carbonyl (C=O) groups is 1. The van der Waals surface area contributed by atoms with Crippen molar-refractivity contribution in [2.75, 3.05) is 18.6 Å². The number of hydrogen-bond donors (Lipinski definition) is 1. The standard InChI is InChI=1S/C17H16FNO4/c1-22-15-7-11(9-20)6-14-17(15)23-10-16(21)19(14)8-12-4-2-3-5-13(12)18/h2-7,20H,8-10H2,1H3. The number of nitrogens with zero attached hydrogens (tertiary/aromatic N) is 1. The molecule has 2 aromatic carbocycles. The Kier molecular flexibility index (Phi) is 4.16. The maximum absolute atomic E-state index is 13.9. The molecule has 0 atom stereocenters. The zero-order chi connectivity index (χ0) is 16.4. The van der Waals surface area contributed by atoms with Crippen LogP contribution in [0.15, 0.2) is 36.4 Å². The van der Waals surface area contributed by atoms with Crippen LogP contribution in [0.3, 0.4) is 0 Å². The van der Waals surface area contributed by atoms with Gasteiger partial charge < -0.3 is 19.5 Å². The van der Waals surface area contributed by atoms with Crippen LogP contribution in [-0.4, -0.2) is 24.7 Å². The fraction of sp³-hybridized carbons (Fsp3) is 0.235. The number of aliphatic hydroxyl groups is 1. The van der Waals surface area contributed by atoms with Gasteiger partial charge in [-0.05, 0) is 23.8 Å². The Morgan fingerprint density at radius 1 is 1.35 bits per heavy atom. The van der Waals surface area contributed by atoms with Gasteiger partial charge in [-0.3, -0.25) is 4.79 Å². The maximum Gasteiger partial charge on any atom is 0.265 e. The third kappa shape index (κ3) is 2.85. The Morgan fingerprint density at radius 3 is 2.83 bits per heavy atom. The number of amides is 1. The van der Waals surface area contributed by atoms with Crippen LogP contribution in [0.2, 0.25) is 0 Å². The van der Waals surface area contributed by atoms with Gasteiger partial charge in [-0.1, -0.05) is 18.2 Å². The van der Waals surface area contributed by atoms with Crippen molar-refractivity contribution in [2.45, 2.75) is 13.2 Å². The lowest BCUT2D eigenvalue weighted by Crippen LogP contribution is -2.38. The van der Waals surface area contributed by atoms with E-state index in [0.717, 1.165) is 0 Å². The monoisotopic (exact) mass is 317 g/mol. The van der Waals surface area contributed by atoms with Crippen molar-refractivity contribution in [3.8, 4) is 11.5 Å². The van der Waals surface area contributed by atoms with Crippen molar-refractivity contribution >= 4 is 11.6 Å². The lowest BCUT2D eigenvalue weighted by atomic mass is 10.1. The number of halogens is 1. The van der Waals surface area contributed by atoms with Crippen molar-refractivity contribution in [3.05, 3.63) is 53.3 Å². The molecule has 1 aliphatic rings. The third-order valence-electron chi connectivity index (χ3n) is 3.72. The highest BCUT2D eigenvalue weighted by Gasteiger charge is 2.29. The minimum Gasteiger partial charge on any atom is -0.493 e. The molecule has 0 saturated carbocycles. The molecule has 0 spiro atoms. The van der Waals surface area contributed by atoms with Gasteiger partial charge in [0.15, 0.2) is 18.1 Å². The van der Waals surface area contributed by atoms with Crippen LogP contribution < -0.4 is 14.4 Å². The minimum absolute atomic E-state index is 0.0832. The summed E-state index contributed by atoms with van der Waals surface area (Å²) in [5, 5.41) is 9.39. The van der Waals surface area contributed by atoms with Gasteiger partial charge in [0, 0.05) is 5.56 Å². The second kappa shape index (κ2) is 6.26. The largest absolute Gasteiger partial charge is 0.493 e. The van der Waals surface area contributed by atoms with Crippen molar-refractivity contribution in [1.29, 1.82) is 0 Å². The molecule has 1 amide bonds. The summed E-state index contributed by atoms with van der Waals surface area (Å²) in [7, 11) is 1.48. The first-order valence-corrected chi connectivity index (χ1v) is 7.12. The van der Waals surface area contributed by atoms with Crippen LogP contribution in [-0.2, 0) is 17.9 Å². The SMILES string of the molecule is COc1cc(CO)cc2c1OCC(=O)N2Cc1ccccc1F. The quantitative estimate of drug-likeness (QED) is 0.940. The Morgan fingerprint density at radius 2 is 2.13 bits per heavy atom. The van der Waals surface area contributed by atoms with Crippen LogP contribution in [0.5, 0.6) is 11.5 Å². The summed E-state index contributed by atoms with van der Waals surface area (Å²) in [5.74, 6) is 0.190. The molecule has 0 bridgehead atoms. The Hall–Kier alpha value is -2.60. The number of carbonyl (C=O) groups excluding carboxylic acids is 1. The van der Waals surface area contributed by atoms with Gasteiger partial charge in [0.05, 0.1) is 25.9 Å². The smallest absolute Gasteiger partial charge is 0.265 e. The predicted octanol–water partition coefficient (Wildman–Crippen LogP) is 2.25. The molecule has 0 saturated heterocycles. The zero-order valence-electron chi connectivity index (χ0n) is 12.6. The van der Waals surface area contributed by atoms with E-state index in [1.807, 2.05) is 0 Å². The second-order valence-electron chi connectivity index (χ2n) is 5.16. The van der Waals surface area contributed by atoms with E-state index in [-0.39, 0.29) is 31.5 Å². The van der Waals surface area contributed by atoms with Crippen LogP contribution in [0.4, 0.5) is 10.1 Å². The molecule has 2 aromatic rings. The summed E-state index contributed by atoms with van der Waals surface area (Å²) in [6, 6.07) is 9.60. The van der Waals surface area contributed by atoms with E-state index >= 15 is 0 Å².